The van der Waals surface area contributed by atoms with Gasteiger partial charge in [-0.1, -0.05) is 23.2 Å². The van der Waals surface area contributed by atoms with Gasteiger partial charge in [-0.2, -0.15) is 8.78 Å². The highest BCUT2D eigenvalue weighted by molar-refractivity contribution is 6.35. The molecular weight excluding hydrogens is 337 g/mol. The number of fused-ring (bicyclic) bond motifs is 1. The van der Waals surface area contributed by atoms with Gasteiger partial charge in [0.25, 0.3) is 5.92 Å². The fourth-order valence-electron chi connectivity index (χ4n) is 3.36. The number of aromatic nitrogens is 1. The standard InChI is InChI=1S/C14H14Cl2F2N2O2/c1-14(17,18)13-12(16)9(3-10(15)19-13)20-4-7-6(2-11(21)22)8(7)5-20/h3,6-8H,2,4-5H2,1H3,(H,21,22)/t6?,7-,8+. The van der Waals surface area contributed by atoms with Crippen molar-refractivity contribution in [1.82, 2.24) is 4.98 Å². The van der Waals surface area contributed by atoms with Gasteiger partial charge in [0.15, 0.2) is 0 Å². The van der Waals surface area contributed by atoms with Gasteiger partial charge in [-0.25, -0.2) is 4.98 Å². The smallest absolute Gasteiger partial charge is 0.303 e. The molecule has 3 rings (SSSR count). The van der Waals surface area contributed by atoms with E-state index in [1.807, 2.05) is 4.90 Å². The monoisotopic (exact) mass is 350 g/mol. The number of nitrogens with zero attached hydrogens (tertiary/aromatic N) is 2. The second-order valence-electron chi connectivity index (χ2n) is 6.01. The summed E-state index contributed by atoms with van der Waals surface area (Å²) in [7, 11) is 0. The van der Waals surface area contributed by atoms with Crippen LogP contribution in [0.25, 0.3) is 0 Å². The molecule has 120 valence electrons. The van der Waals surface area contributed by atoms with E-state index in [4.69, 9.17) is 28.3 Å². The first kappa shape index (κ1) is 15.7. The lowest BCUT2D eigenvalue weighted by Crippen LogP contribution is -2.26. The van der Waals surface area contributed by atoms with Crippen molar-refractivity contribution < 1.29 is 18.7 Å². The van der Waals surface area contributed by atoms with Crippen LogP contribution in [0, 0.1) is 17.8 Å². The largest absolute Gasteiger partial charge is 0.481 e. The summed E-state index contributed by atoms with van der Waals surface area (Å²) in [4.78, 5) is 16.3. The van der Waals surface area contributed by atoms with Gasteiger partial charge in [-0.3, -0.25) is 4.79 Å². The predicted octanol–water partition coefficient (Wildman–Crippen LogP) is 3.66. The third kappa shape index (κ3) is 2.74. The Morgan fingerprint density at radius 2 is 2.05 bits per heavy atom. The van der Waals surface area contributed by atoms with Crippen molar-refractivity contribution >= 4 is 34.9 Å². The number of carboxylic acids is 1. The number of alkyl halides is 2. The van der Waals surface area contributed by atoms with Crippen molar-refractivity contribution in [2.24, 2.45) is 17.8 Å². The first-order valence-electron chi connectivity index (χ1n) is 6.89. The Hall–Kier alpha value is -1.14. The minimum absolute atomic E-state index is 0.0291. The maximum atomic E-state index is 13.6. The molecule has 1 aliphatic carbocycles. The van der Waals surface area contributed by atoms with Gasteiger partial charge in [0.05, 0.1) is 10.7 Å². The molecule has 2 heterocycles. The zero-order chi connectivity index (χ0) is 16.2. The molecular formula is C14H14Cl2F2N2O2. The zero-order valence-electron chi connectivity index (χ0n) is 11.7. The van der Waals surface area contributed by atoms with Crippen molar-refractivity contribution in [2.75, 3.05) is 18.0 Å². The van der Waals surface area contributed by atoms with E-state index < -0.39 is 17.6 Å². The summed E-state index contributed by atoms with van der Waals surface area (Å²) < 4.78 is 27.1. The van der Waals surface area contributed by atoms with E-state index in [0.717, 1.165) is 6.92 Å². The molecule has 1 unspecified atom stereocenters. The fourth-order valence-corrected chi connectivity index (χ4v) is 3.93. The summed E-state index contributed by atoms with van der Waals surface area (Å²) in [5, 5.41) is 8.71. The highest BCUT2D eigenvalue weighted by Crippen LogP contribution is 2.55. The molecule has 4 nitrogen and oxygen atoms in total. The molecule has 1 saturated heterocycles. The zero-order valence-corrected chi connectivity index (χ0v) is 13.2. The number of halogens is 4. The van der Waals surface area contributed by atoms with Crippen LogP contribution >= 0.6 is 23.2 Å². The number of piperidine rings is 1. The molecule has 0 amide bonds. The Bertz CT molecular complexity index is 624. The van der Waals surface area contributed by atoms with Crippen molar-refractivity contribution in [3.63, 3.8) is 0 Å². The Kier molecular flexibility index (Phi) is 3.72. The van der Waals surface area contributed by atoms with Crippen molar-refractivity contribution in [2.45, 2.75) is 19.3 Å². The van der Waals surface area contributed by atoms with Gasteiger partial charge >= 0.3 is 5.97 Å². The Balaban J connectivity index is 1.81. The number of hydrogen-bond acceptors (Lipinski definition) is 3. The Morgan fingerprint density at radius 3 is 2.55 bits per heavy atom. The quantitative estimate of drug-likeness (QED) is 0.842. The number of pyridine rings is 1. The SMILES string of the molecule is CC(F)(F)c1nc(Cl)cc(N2C[C@@H]3C(CC(=O)O)[C@@H]3C2)c1Cl. The number of anilines is 1. The molecule has 0 aromatic carbocycles. The molecule has 0 spiro atoms. The van der Waals surface area contributed by atoms with E-state index in [1.54, 1.807) is 0 Å². The second kappa shape index (κ2) is 5.20. The molecule has 8 heteroatoms. The summed E-state index contributed by atoms with van der Waals surface area (Å²) in [5.41, 5.74) is -0.0845. The van der Waals surface area contributed by atoms with E-state index >= 15 is 0 Å². The first-order valence-corrected chi connectivity index (χ1v) is 7.65. The van der Waals surface area contributed by atoms with Crippen LogP contribution < -0.4 is 4.90 Å². The number of hydrogen-bond donors (Lipinski definition) is 1. The minimum atomic E-state index is -3.18. The lowest BCUT2D eigenvalue weighted by Gasteiger charge is -2.25. The maximum Gasteiger partial charge on any atom is 0.303 e. The van der Waals surface area contributed by atoms with Crippen LogP contribution in [0.15, 0.2) is 6.07 Å². The normalized spacial score (nSPS) is 27.0. The molecule has 1 aromatic heterocycles. The van der Waals surface area contributed by atoms with E-state index in [0.29, 0.717) is 18.8 Å². The summed E-state index contributed by atoms with van der Waals surface area (Å²) in [6.07, 6.45) is 0.159. The van der Waals surface area contributed by atoms with Crippen molar-refractivity contribution in [3.8, 4) is 0 Å². The maximum absolute atomic E-state index is 13.6. The van der Waals surface area contributed by atoms with Crippen LogP contribution in [0.1, 0.15) is 19.0 Å². The highest BCUT2D eigenvalue weighted by atomic mass is 35.5. The van der Waals surface area contributed by atoms with E-state index in [9.17, 15) is 13.6 Å². The van der Waals surface area contributed by atoms with Crippen molar-refractivity contribution in [1.29, 1.82) is 0 Å². The highest BCUT2D eigenvalue weighted by Gasteiger charge is 2.56. The average molecular weight is 351 g/mol. The number of carboxylic acid groups (broad SMARTS) is 1. The van der Waals surface area contributed by atoms with Crippen LogP contribution in [0.2, 0.25) is 10.2 Å². The number of rotatable bonds is 4. The molecule has 1 aromatic rings. The molecule has 0 bridgehead atoms. The van der Waals surface area contributed by atoms with Gasteiger partial charge in [0.1, 0.15) is 10.8 Å². The van der Waals surface area contributed by atoms with Crippen LogP contribution in [0.5, 0.6) is 0 Å². The van der Waals surface area contributed by atoms with Gasteiger partial charge in [-0.15, -0.1) is 0 Å². The lowest BCUT2D eigenvalue weighted by atomic mass is 10.1. The molecule has 1 aliphatic heterocycles. The molecule has 0 radical (unpaired) electrons. The summed E-state index contributed by atoms with van der Waals surface area (Å²) in [5.74, 6) is -3.24. The number of carbonyl (C=O) groups is 1. The lowest BCUT2D eigenvalue weighted by molar-refractivity contribution is -0.137. The van der Waals surface area contributed by atoms with Gasteiger partial charge in [0.2, 0.25) is 0 Å². The molecule has 2 aliphatic rings. The summed E-state index contributed by atoms with van der Waals surface area (Å²) in [6.45, 7) is 1.94. The van der Waals surface area contributed by atoms with Gasteiger partial charge < -0.3 is 10.0 Å². The van der Waals surface area contributed by atoms with E-state index in [-0.39, 0.29) is 34.4 Å². The minimum Gasteiger partial charge on any atom is -0.481 e. The molecule has 1 saturated carbocycles. The molecule has 22 heavy (non-hydrogen) atoms. The van der Waals surface area contributed by atoms with E-state index in [2.05, 4.69) is 4.98 Å². The van der Waals surface area contributed by atoms with Crippen LogP contribution in [-0.2, 0) is 10.7 Å². The fraction of sp³-hybridized carbons (Fsp3) is 0.571. The first-order chi connectivity index (χ1) is 10.2. The predicted molar refractivity (Wildman–Crippen MR) is 78.8 cm³/mol. The van der Waals surface area contributed by atoms with Gasteiger partial charge in [-0.05, 0) is 17.8 Å². The summed E-state index contributed by atoms with van der Waals surface area (Å²) in [6, 6.07) is 1.48. The molecule has 1 N–H and O–H groups in total. The average Bonchev–Trinajstić information content (AvgIpc) is 2.84. The Morgan fingerprint density at radius 1 is 1.45 bits per heavy atom. The Labute approximate surface area is 136 Å². The van der Waals surface area contributed by atoms with Crippen molar-refractivity contribution in [3.05, 3.63) is 21.9 Å². The number of aliphatic carboxylic acids is 1. The van der Waals surface area contributed by atoms with Crippen LogP contribution in [0.4, 0.5) is 14.5 Å². The topological polar surface area (TPSA) is 53.4 Å². The third-order valence-electron chi connectivity index (χ3n) is 4.45. The molecule has 3 atom stereocenters. The van der Waals surface area contributed by atoms with Gasteiger partial charge in [0, 0.05) is 32.5 Å². The molecule has 2 fully saturated rings. The van der Waals surface area contributed by atoms with E-state index in [1.165, 1.54) is 6.07 Å². The van der Waals surface area contributed by atoms with Crippen LogP contribution in [-0.4, -0.2) is 29.1 Å². The summed E-state index contributed by atoms with van der Waals surface area (Å²) >= 11 is 11.9. The second-order valence-corrected chi connectivity index (χ2v) is 6.77. The third-order valence-corrected chi connectivity index (χ3v) is 5.01. The van der Waals surface area contributed by atoms with Crippen LogP contribution in [0.3, 0.4) is 0 Å².